The first-order chi connectivity index (χ1) is 8.18. The van der Waals surface area contributed by atoms with Crippen molar-refractivity contribution in [3.8, 4) is 0 Å². The van der Waals surface area contributed by atoms with Gasteiger partial charge < -0.3 is 15.4 Å². The molecule has 4 heteroatoms. The first-order valence-corrected chi connectivity index (χ1v) is 6.80. The van der Waals surface area contributed by atoms with Crippen LogP contribution in [0.2, 0.25) is 0 Å². The molecule has 2 aliphatic rings. The number of nitrogens with one attached hydrogen (secondary N) is 2. The molecule has 4 nitrogen and oxygen atoms in total. The van der Waals surface area contributed by atoms with Gasteiger partial charge in [-0.2, -0.15) is 0 Å². The Kier molecular flexibility index (Phi) is 4.40. The van der Waals surface area contributed by atoms with E-state index in [-0.39, 0.29) is 11.4 Å². The molecule has 2 N–H and O–H groups in total. The van der Waals surface area contributed by atoms with Gasteiger partial charge in [0.05, 0.1) is 13.2 Å². The maximum absolute atomic E-state index is 11.8. The number of carbonyl (C=O) groups excluding carboxylic acids is 1. The molecule has 0 bridgehead atoms. The lowest BCUT2D eigenvalue weighted by Gasteiger charge is -2.34. The van der Waals surface area contributed by atoms with Crippen LogP contribution in [0.4, 0.5) is 0 Å². The van der Waals surface area contributed by atoms with Gasteiger partial charge in [0.25, 0.3) is 0 Å². The van der Waals surface area contributed by atoms with E-state index in [1.807, 2.05) is 0 Å². The van der Waals surface area contributed by atoms with Crippen molar-refractivity contribution in [2.45, 2.75) is 57.0 Å². The van der Waals surface area contributed by atoms with Crippen LogP contribution in [0.5, 0.6) is 0 Å². The summed E-state index contributed by atoms with van der Waals surface area (Å²) in [4.78, 5) is 11.8. The van der Waals surface area contributed by atoms with E-state index in [0.29, 0.717) is 19.2 Å². The van der Waals surface area contributed by atoms with Gasteiger partial charge in [-0.25, -0.2) is 0 Å². The molecule has 1 aliphatic heterocycles. The van der Waals surface area contributed by atoms with Crippen LogP contribution in [0, 0.1) is 0 Å². The number of amides is 1. The standard InChI is InChI=1S/C13H24N2O2/c1-13(7-4-8-17-10-13)14-9-12(16)15-11-5-2-3-6-11/h11,14H,2-10H2,1H3,(H,15,16). The first-order valence-electron chi connectivity index (χ1n) is 6.80. The van der Waals surface area contributed by atoms with Gasteiger partial charge in [0.15, 0.2) is 0 Å². The van der Waals surface area contributed by atoms with Crippen LogP contribution in [-0.2, 0) is 9.53 Å². The lowest BCUT2D eigenvalue weighted by molar-refractivity contribution is -0.121. The monoisotopic (exact) mass is 240 g/mol. The highest BCUT2D eigenvalue weighted by molar-refractivity contribution is 5.78. The molecule has 0 radical (unpaired) electrons. The van der Waals surface area contributed by atoms with Crippen molar-refractivity contribution in [1.29, 1.82) is 0 Å². The van der Waals surface area contributed by atoms with Gasteiger partial charge in [-0.3, -0.25) is 4.79 Å². The second-order valence-electron chi connectivity index (χ2n) is 5.62. The highest BCUT2D eigenvalue weighted by Gasteiger charge is 2.27. The molecule has 1 saturated carbocycles. The summed E-state index contributed by atoms with van der Waals surface area (Å²) in [5, 5.41) is 6.43. The van der Waals surface area contributed by atoms with E-state index >= 15 is 0 Å². The zero-order chi connectivity index (χ0) is 12.1. The predicted octanol–water partition coefficient (Wildman–Crippen LogP) is 1.20. The quantitative estimate of drug-likeness (QED) is 0.776. The second-order valence-corrected chi connectivity index (χ2v) is 5.62. The van der Waals surface area contributed by atoms with Crippen LogP contribution in [0.3, 0.4) is 0 Å². The number of hydrogen-bond donors (Lipinski definition) is 2. The Balaban J connectivity index is 1.67. The van der Waals surface area contributed by atoms with Crippen molar-refractivity contribution in [2.24, 2.45) is 0 Å². The minimum atomic E-state index is -0.0226. The number of hydrogen-bond acceptors (Lipinski definition) is 3. The Morgan fingerprint density at radius 2 is 2.12 bits per heavy atom. The highest BCUT2D eigenvalue weighted by Crippen LogP contribution is 2.19. The van der Waals surface area contributed by atoms with Crippen LogP contribution >= 0.6 is 0 Å². The Labute approximate surface area is 103 Å². The van der Waals surface area contributed by atoms with Gasteiger partial charge in [-0.1, -0.05) is 12.8 Å². The van der Waals surface area contributed by atoms with Crippen molar-refractivity contribution in [3.05, 3.63) is 0 Å². The molecule has 17 heavy (non-hydrogen) atoms. The summed E-state index contributed by atoms with van der Waals surface area (Å²) in [6.07, 6.45) is 6.96. The summed E-state index contributed by atoms with van der Waals surface area (Å²) >= 11 is 0. The van der Waals surface area contributed by atoms with Crippen molar-refractivity contribution < 1.29 is 9.53 Å². The molecule has 2 rings (SSSR count). The van der Waals surface area contributed by atoms with Gasteiger partial charge >= 0.3 is 0 Å². The van der Waals surface area contributed by atoms with Gasteiger partial charge in [0.2, 0.25) is 5.91 Å². The maximum Gasteiger partial charge on any atom is 0.234 e. The van der Waals surface area contributed by atoms with E-state index in [1.165, 1.54) is 12.8 Å². The molecule has 1 aliphatic carbocycles. The minimum Gasteiger partial charge on any atom is -0.380 e. The lowest BCUT2D eigenvalue weighted by Crippen LogP contribution is -2.52. The Morgan fingerprint density at radius 1 is 1.35 bits per heavy atom. The fraction of sp³-hybridized carbons (Fsp3) is 0.923. The van der Waals surface area contributed by atoms with Crippen LogP contribution in [0.15, 0.2) is 0 Å². The van der Waals surface area contributed by atoms with Crippen LogP contribution in [0.1, 0.15) is 45.4 Å². The van der Waals surface area contributed by atoms with E-state index in [4.69, 9.17) is 4.74 Å². The van der Waals surface area contributed by atoms with Gasteiger partial charge in [0, 0.05) is 18.2 Å². The largest absolute Gasteiger partial charge is 0.380 e. The lowest BCUT2D eigenvalue weighted by atomic mass is 9.95. The third-order valence-corrected chi connectivity index (χ3v) is 3.83. The maximum atomic E-state index is 11.8. The molecule has 0 spiro atoms. The van der Waals surface area contributed by atoms with Crippen molar-refractivity contribution in [1.82, 2.24) is 10.6 Å². The van der Waals surface area contributed by atoms with Crippen LogP contribution in [-0.4, -0.2) is 37.2 Å². The average Bonchev–Trinajstić information content (AvgIpc) is 2.80. The molecule has 1 saturated heterocycles. The molecule has 1 unspecified atom stereocenters. The van der Waals surface area contributed by atoms with E-state index in [0.717, 1.165) is 32.3 Å². The Bertz CT molecular complexity index is 256. The fourth-order valence-electron chi connectivity index (χ4n) is 2.72. The predicted molar refractivity (Wildman–Crippen MR) is 66.9 cm³/mol. The third kappa shape index (κ3) is 3.96. The normalized spacial score (nSPS) is 30.4. The second kappa shape index (κ2) is 5.83. The summed E-state index contributed by atoms with van der Waals surface area (Å²) in [6.45, 7) is 4.11. The summed E-state index contributed by atoms with van der Waals surface area (Å²) in [5.41, 5.74) is -0.0226. The smallest absolute Gasteiger partial charge is 0.234 e. The molecule has 1 atom stereocenters. The number of rotatable bonds is 4. The van der Waals surface area contributed by atoms with E-state index in [2.05, 4.69) is 17.6 Å². The third-order valence-electron chi connectivity index (χ3n) is 3.83. The zero-order valence-corrected chi connectivity index (χ0v) is 10.8. The van der Waals surface area contributed by atoms with E-state index in [9.17, 15) is 4.79 Å². The molecule has 2 fully saturated rings. The molecular weight excluding hydrogens is 216 g/mol. The Morgan fingerprint density at radius 3 is 2.76 bits per heavy atom. The summed E-state index contributed by atoms with van der Waals surface area (Å²) < 4.78 is 5.46. The minimum absolute atomic E-state index is 0.0226. The van der Waals surface area contributed by atoms with Crippen molar-refractivity contribution in [3.63, 3.8) is 0 Å². The first kappa shape index (κ1) is 12.8. The zero-order valence-electron chi connectivity index (χ0n) is 10.8. The van der Waals surface area contributed by atoms with E-state index in [1.54, 1.807) is 0 Å². The molecule has 0 aromatic carbocycles. The van der Waals surface area contributed by atoms with Crippen molar-refractivity contribution >= 4 is 5.91 Å². The molecule has 1 heterocycles. The summed E-state index contributed by atoms with van der Waals surface area (Å²) in [5.74, 6) is 0.128. The number of carbonyl (C=O) groups is 1. The number of ether oxygens (including phenoxy) is 1. The molecule has 0 aromatic heterocycles. The Hall–Kier alpha value is -0.610. The fourth-order valence-corrected chi connectivity index (χ4v) is 2.72. The van der Waals surface area contributed by atoms with Crippen molar-refractivity contribution in [2.75, 3.05) is 19.8 Å². The summed E-state index contributed by atoms with van der Waals surface area (Å²) in [7, 11) is 0. The topological polar surface area (TPSA) is 50.4 Å². The van der Waals surface area contributed by atoms with Gasteiger partial charge in [-0.05, 0) is 32.6 Å². The van der Waals surface area contributed by atoms with E-state index < -0.39 is 0 Å². The molecule has 0 aromatic rings. The van der Waals surface area contributed by atoms with Gasteiger partial charge in [-0.15, -0.1) is 0 Å². The molecular formula is C13H24N2O2. The van der Waals surface area contributed by atoms with Gasteiger partial charge in [0.1, 0.15) is 0 Å². The van der Waals surface area contributed by atoms with Crippen LogP contribution < -0.4 is 10.6 Å². The molecule has 1 amide bonds. The van der Waals surface area contributed by atoms with Crippen LogP contribution in [0.25, 0.3) is 0 Å². The highest BCUT2D eigenvalue weighted by atomic mass is 16.5. The summed E-state index contributed by atoms with van der Waals surface area (Å²) in [6, 6.07) is 0.416. The average molecular weight is 240 g/mol. The SMILES string of the molecule is CC1(NCC(=O)NC2CCCC2)CCCOC1. The molecule has 98 valence electrons.